The van der Waals surface area contributed by atoms with Gasteiger partial charge in [-0.15, -0.1) is 11.3 Å². The molecule has 0 atom stereocenters. The summed E-state index contributed by atoms with van der Waals surface area (Å²) in [5.74, 6) is 0. The largest absolute Gasteiger partial charge is 0.397 e. The van der Waals surface area contributed by atoms with E-state index >= 15 is 0 Å². The summed E-state index contributed by atoms with van der Waals surface area (Å²) < 4.78 is 0. The van der Waals surface area contributed by atoms with Gasteiger partial charge in [0.15, 0.2) is 0 Å². The summed E-state index contributed by atoms with van der Waals surface area (Å²) in [7, 11) is 0. The summed E-state index contributed by atoms with van der Waals surface area (Å²) >= 11 is 1.55. The van der Waals surface area contributed by atoms with E-state index in [1.165, 1.54) is 0 Å². The summed E-state index contributed by atoms with van der Waals surface area (Å²) in [5.41, 5.74) is 8.16. The molecular weight excluding hydrogens is 206 g/mol. The van der Waals surface area contributed by atoms with Crippen molar-refractivity contribution in [1.82, 2.24) is 4.98 Å². The standard InChI is InChI=1S/C11H15N3S/c1-4-5-9(6-12)10(13)11-7(2)14-8(3)15-11/h4-5,13H2,1-3H3. The van der Waals surface area contributed by atoms with Crippen LogP contribution in [0.1, 0.15) is 35.3 Å². The number of rotatable bonds is 3. The highest BCUT2D eigenvalue weighted by Crippen LogP contribution is 2.25. The van der Waals surface area contributed by atoms with Crippen LogP contribution in [-0.2, 0) is 0 Å². The van der Waals surface area contributed by atoms with Crippen LogP contribution in [0.25, 0.3) is 5.70 Å². The fraction of sp³-hybridized carbons (Fsp3) is 0.455. The number of allylic oxidation sites excluding steroid dienone is 1. The topological polar surface area (TPSA) is 62.7 Å². The molecule has 0 aromatic carbocycles. The van der Waals surface area contributed by atoms with E-state index in [9.17, 15) is 0 Å². The summed E-state index contributed by atoms with van der Waals surface area (Å²) in [6.07, 6.45) is 1.67. The lowest BCUT2D eigenvalue weighted by Gasteiger charge is -2.02. The predicted octanol–water partition coefficient (Wildman–Crippen LogP) is 2.75. The Morgan fingerprint density at radius 1 is 1.53 bits per heavy atom. The minimum atomic E-state index is 0.599. The Morgan fingerprint density at radius 3 is 2.60 bits per heavy atom. The van der Waals surface area contributed by atoms with Crippen molar-refractivity contribution >= 4 is 17.0 Å². The molecule has 0 fully saturated rings. The second kappa shape index (κ2) is 4.94. The first-order chi connectivity index (χ1) is 7.10. The van der Waals surface area contributed by atoms with E-state index in [2.05, 4.69) is 11.1 Å². The molecule has 1 heterocycles. The minimum absolute atomic E-state index is 0.599. The predicted molar refractivity (Wildman–Crippen MR) is 63.2 cm³/mol. The zero-order valence-corrected chi connectivity index (χ0v) is 10.1. The van der Waals surface area contributed by atoms with Crippen LogP contribution in [0.4, 0.5) is 0 Å². The van der Waals surface area contributed by atoms with Crippen LogP contribution in [0.2, 0.25) is 0 Å². The van der Waals surface area contributed by atoms with Gasteiger partial charge in [0.2, 0.25) is 0 Å². The van der Waals surface area contributed by atoms with Crippen LogP contribution in [-0.4, -0.2) is 4.98 Å². The average molecular weight is 221 g/mol. The first-order valence-corrected chi connectivity index (χ1v) is 5.74. The minimum Gasteiger partial charge on any atom is -0.397 e. The summed E-state index contributed by atoms with van der Waals surface area (Å²) in [6.45, 7) is 5.91. The van der Waals surface area contributed by atoms with Gasteiger partial charge in [-0.05, 0) is 20.3 Å². The third-order valence-electron chi connectivity index (χ3n) is 2.11. The summed E-state index contributed by atoms with van der Waals surface area (Å²) in [5, 5.41) is 9.97. The maximum absolute atomic E-state index is 8.98. The number of hydrogen-bond acceptors (Lipinski definition) is 4. The van der Waals surface area contributed by atoms with Crippen LogP contribution in [0, 0.1) is 25.2 Å². The van der Waals surface area contributed by atoms with Gasteiger partial charge in [-0.25, -0.2) is 4.98 Å². The average Bonchev–Trinajstić information content (AvgIpc) is 2.53. The molecule has 0 spiro atoms. The van der Waals surface area contributed by atoms with Crippen LogP contribution in [0.3, 0.4) is 0 Å². The Balaban J connectivity index is 3.17. The fourth-order valence-corrected chi connectivity index (χ4v) is 2.32. The Bertz CT molecular complexity index is 424. The quantitative estimate of drug-likeness (QED) is 0.798. The van der Waals surface area contributed by atoms with Gasteiger partial charge in [0, 0.05) is 0 Å². The number of thiazole rings is 1. The Hall–Kier alpha value is -1.34. The molecule has 2 N–H and O–H groups in total. The smallest absolute Gasteiger partial charge is 0.0969 e. The Labute approximate surface area is 94.3 Å². The lowest BCUT2D eigenvalue weighted by Crippen LogP contribution is -2.00. The van der Waals surface area contributed by atoms with Gasteiger partial charge < -0.3 is 5.73 Å². The van der Waals surface area contributed by atoms with Gasteiger partial charge in [-0.2, -0.15) is 5.26 Å². The van der Waals surface area contributed by atoms with Crippen LogP contribution >= 0.6 is 11.3 Å². The third-order valence-corrected chi connectivity index (χ3v) is 3.21. The zero-order valence-electron chi connectivity index (χ0n) is 9.29. The normalized spacial score (nSPS) is 12.1. The molecule has 0 saturated carbocycles. The van der Waals surface area contributed by atoms with Crippen molar-refractivity contribution in [2.24, 2.45) is 5.73 Å². The molecule has 1 aromatic rings. The highest BCUT2D eigenvalue weighted by atomic mass is 32.1. The fourth-order valence-electron chi connectivity index (χ4n) is 1.42. The molecule has 80 valence electrons. The number of nitriles is 1. The van der Waals surface area contributed by atoms with Crippen LogP contribution in [0.5, 0.6) is 0 Å². The number of nitrogens with two attached hydrogens (primary N) is 1. The number of hydrogen-bond donors (Lipinski definition) is 1. The lowest BCUT2D eigenvalue weighted by atomic mass is 10.1. The molecule has 0 aliphatic heterocycles. The maximum Gasteiger partial charge on any atom is 0.0969 e. The molecule has 0 radical (unpaired) electrons. The maximum atomic E-state index is 8.98. The van der Waals surface area contributed by atoms with E-state index in [1.54, 1.807) is 11.3 Å². The van der Waals surface area contributed by atoms with E-state index in [1.807, 2.05) is 20.8 Å². The van der Waals surface area contributed by atoms with E-state index < -0.39 is 0 Å². The van der Waals surface area contributed by atoms with E-state index in [0.29, 0.717) is 11.3 Å². The molecule has 0 aliphatic carbocycles. The molecule has 0 aliphatic rings. The van der Waals surface area contributed by atoms with Gasteiger partial charge >= 0.3 is 0 Å². The van der Waals surface area contributed by atoms with Crippen LogP contribution < -0.4 is 5.73 Å². The van der Waals surface area contributed by atoms with Crippen LogP contribution in [0.15, 0.2) is 5.57 Å². The van der Waals surface area contributed by atoms with Gasteiger partial charge in [0.1, 0.15) is 0 Å². The van der Waals surface area contributed by atoms with E-state index in [0.717, 1.165) is 28.4 Å². The molecule has 15 heavy (non-hydrogen) atoms. The second-order valence-corrected chi connectivity index (χ2v) is 4.60. The van der Waals surface area contributed by atoms with Crippen molar-refractivity contribution < 1.29 is 0 Å². The third kappa shape index (κ3) is 2.57. The number of aryl methyl sites for hydroxylation is 2. The first-order valence-electron chi connectivity index (χ1n) is 4.93. The molecule has 0 amide bonds. The zero-order chi connectivity index (χ0) is 11.4. The highest BCUT2D eigenvalue weighted by Gasteiger charge is 2.11. The molecule has 1 aromatic heterocycles. The van der Waals surface area contributed by atoms with Crippen molar-refractivity contribution in [2.75, 3.05) is 0 Å². The van der Waals surface area contributed by atoms with Crippen molar-refractivity contribution in [2.45, 2.75) is 33.6 Å². The van der Waals surface area contributed by atoms with E-state index in [4.69, 9.17) is 11.0 Å². The molecular formula is C11H15N3S. The van der Waals surface area contributed by atoms with Gasteiger partial charge in [0.25, 0.3) is 0 Å². The summed E-state index contributed by atoms with van der Waals surface area (Å²) in [6, 6.07) is 2.17. The molecule has 0 bridgehead atoms. The Morgan fingerprint density at radius 2 is 2.20 bits per heavy atom. The highest BCUT2D eigenvalue weighted by molar-refractivity contribution is 7.12. The van der Waals surface area contributed by atoms with Crippen molar-refractivity contribution in [3.8, 4) is 6.07 Å². The summed E-state index contributed by atoms with van der Waals surface area (Å²) in [4.78, 5) is 5.25. The first kappa shape index (κ1) is 11.7. The molecule has 1 rings (SSSR count). The molecule has 0 unspecified atom stereocenters. The van der Waals surface area contributed by atoms with Crippen molar-refractivity contribution in [1.29, 1.82) is 5.26 Å². The molecule has 4 heteroatoms. The van der Waals surface area contributed by atoms with Gasteiger partial charge in [-0.1, -0.05) is 13.3 Å². The van der Waals surface area contributed by atoms with Crippen molar-refractivity contribution in [3.05, 3.63) is 21.2 Å². The van der Waals surface area contributed by atoms with Gasteiger partial charge in [0.05, 0.1) is 32.9 Å². The number of nitrogens with zero attached hydrogens (tertiary/aromatic N) is 2. The lowest BCUT2D eigenvalue weighted by molar-refractivity contribution is 0.929. The molecule has 3 nitrogen and oxygen atoms in total. The molecule has 0 saturated heterocycles. The second-order valence-electron chi connectivity index (χ2n) is 3.40. The Kier molecular flexibility index (Phi) is 3.87. The van der Waals surface area contributed by atoms with Crippen molar-refractivity contribution in [3.63, 3.8) is 0 Å². The van der Waals surface area contributed by atoms with E-state index in [-0.39, 0.29) is 0 Å². The number of aromatic nitrogens is 1. The van der Waals surface area contributed by atoms with Gasteiger partial charge in [-0.3, -0.25) is 0 Å². The monoisotopic (exact) mass is 221 g/mol. The SMILES string of the molecule is CCCC(C#N)=C(N)c1sc(C)nc1C.